The zero-order valence-electron chi connectivity index (χ0n) is 31.9. The molecule has 0 spiro atoms. The molecule has 0 amide bonds. The summed E-state index contributed by atoms with van der Waals surface area (Å²) in [5.74, 6) is 13.2. The molecule has 12 aliphatic carbocycles. The topological polar surface area (TPSA) is 68.3 Å². The van der Waals surface area contributed by atoms with E-state index in [4.69, 9.17) is 0 Å². The van der Waals surface area contributed by atoms with Crippen LogP contribution < -0.4 is 0 Å². The number of hydrogen-bond donors (Lipinski definition) is 0. The summed E-state index contributed by atoms with van der Waals surface area (Å²) in [5, 5.41) is 0. The molecular formula is C48H66O4. The molecular weight excluding hydrogens is 641 g/mol. The van der Waals surface area contributed by atoms with E-state index in [1.165, 1.54) is 103 Å². The molecule has 22 unspecified atom stereocenters. The number of rotatable bonds is 1. The predicted octanol–water partition coefficient (Wildman–Crippen LogP) is 9.56. The highest BCUT2D eigenvalue weighted by atomic mass is 16.1. The first-order valence-corrected chi connectivity index (χ1v) is 23.6. The van der Waals surface area contributed by atoms with Gasteiger partial charge in [0.25, 0.3) is 0 Å². The van der Waals surface area contributed by atoms with Crippen LogP contribution in [0, 0.1) is 130 Å². The fourth-order valence-electron chi connectivity index (χ4n) is 19.7. The molecule has 12 fully saturated rings. The van der Waals surface area contributed by atoms with Crippen LogP contribution in [0.15, 0.2) is 0 Å². The molecule has 0 aromatic heterocycles. The van der Waals surface area contributed by atoms with Crippen molar-refractivity contribution in [3.8, 4) is 0 Å². The van der Waals surface area contributed by atoms with E-state index in [0.717, 1.165) is 44.4 Å². The SMILES string of the molecule is O=C1C2CCCCC2C2CC3CC4C(CC3CC12)C(=O)C1CCCC(C2CCCC3C5CCC6CC7C(=O)C8CCCCC8C7CC6C5C(=O)C32)C14. The van der Waals surface area contributed by atoms with Crippen LogP contribution >= 0.6 is 0 Å². The van der Waals surface area contributed by atoms with Crippen molar-refractivity contribution in [2.45, 2.75) is 141 Å². The van der Waals surface area contributed by atoms with Gasteiger partial charge in [-0.1, -0.05) is 38.5 Å². The second-order valence-electron chi connectivity index (χ2n) is 22.2. The van der Waals surface area contributed by atoms with E-state index in [0.29, 0.717) is 124 Å². The summed E-state index contributed by atoms with van der Waals surface area (Å²) in [5.41, 5.74) is 0. The van der Waals surface area contributed by atoms with Crippen LogP contribution in [0.4, 0.5) is 0 Å². The van der Waals surface area contributed by atoms with Crippen LogP contribution in [0.1, 0.15) is 141 Å². The van der Waals surface area contributed by atoms with Gasteiger partial charge >= 0.3 is 0 Å². The molecule has 12 rings (SSSR count). The number of hydrogen-bond acceptors (Lipinski definition) is 4. The Kier molecular flexibility index (Phi) is 7.64. The molecule has 0 saturated heterocycles. The monoisotopic (exact) mass is 706 g/mol. The molecule has 4 heteroatoms. The summed E-state index contributed by atoms with van der Waals surface area (Å²) in [6.45, 7) is 0. The van der Waals surface area contributed by atoms with Gasteiger partial charge in [0.15, 0.2) is 0 Å². The highest BCUT2D eigenvalue weighted by Crippen LogP contribution is 2.68. The molecule has 0 heterocycles. The van der Waals surface area contributed by atoms with Crippen LogP contribution in [0.5, 0.6) is 0 Å². The van der Waals surface area contributed by atoms with Crippen LogP contribution in [0.3, 0.4) is 0 Å². The van der Waals surface area contributed by atoms with E-state index in [-0.39, 0.29) is 23.7 Å². The van der Waals surface area contributed by atoms with Gasteiger partial charge < -0.3 is 0 Å². The Morgan fingerprint density at radius 2 is 0.731 bits per heavy atom. The van der Waals surface area contributed by atoms with E-state index in [1.807, 2.05) is 0 Å². The van der Waals surface area contributed by atoms with Crippen LogP contribution in [0.2, 0.25) is 0 Å². The Morgan fingerprint density at radius 3 is 1.46 bits per heavy atom. The summed E-state index contributed by atoms with van der Waals surface area (Å²) in [6, 6.07) is 0. The minimum Gasteiger partial charge on any atom is -0.299 e. The number of carbonyl (C=O) groups excluding carboxylic acids is 4. The van der Waals surface area contributed by atoms with Crippen molar-refractivity contribution < 1.29 is 19.2 Å². The lowest BCUT2D eigenvalue weighted by Gasteiger charge is -2.50. The van der Waals surface area contributed by atoms with Crippen LogP contribution in [-0.4, -0.2) is 23.1 Å². The molecule has 0 aromatic rings. The van der Waals surface area contributed by atoms with Crippen molar-refractivity contribution in [3.05, 3.63) is 0 Å². The zero-order chi connectivity index (χ0) is 34.6. The molecule has 0 N–H and O–H groups in total. The number of Topliss-reactive ketones (excluding diaryl/α,β-unsaturated/α-hetero) is 4. The smallest absolute Gasteiger partial charge is 0.140 e. The lowest BCUT2D eigenvalue weighted by Crippen LogP contribution is -2.45. The molecule has 12 aliphatic rings. The van der Waals surface area contributed by atoms with Crippen molar-refractivity contribution >= 4 is 23.1 Å². The first kappa shape index (κ1) is 32.9. The number of carbonyl (C=O) groups is 4. The summed E-state index contributed by atoms with van der Waals surface area (Å²) in [7, 11) is 0. The Labute approximate surface area is 312 Å². The van der Waals surface area contributed by atoms with Crippen molar-refractivity contribution in [1.82, 2.24) is 0 Å². The van der Waals surface area contributed by atoms with Gasteiger partial charge in [0.05, 0.1) is 0 Å². The zero-order valence-corrected chi connectivity index (χ0v) is 31.9. The summed E-state index contributed by atoms with van der Waals surface area (Å²) < 4.78 is 0. The average Bonchev–Trinajstić information content (AvgIpc) is 3.84. The van der Waals surface area contributed by atoms with Gasteiger partial charge in [-0.05, 0) is 186 Å². The lowest BCUT2D eigenvalue weighted by molar-refractivity contribution is -0.133. The highest BCUT2D eigenvalue weighted by molar-refractivity contribution is 5.90. The van der Waals surface area contributed by atoms with E-state index in [9.17, 15) is 14.4 Å². The van der Waals surface area contributed by atoms with Gasteiger partial charge in [-0.2, -0.15) is 0 Å². The van der Waals surface area contributed by atoms with Gasteiger partial charge in [-0.15, -0.1) is 0 Å². The molecule has 0 aromatic carbocycles. The van der Waals surface area contributed by atoms with E-state index >= 15 is 4.79 Å². The van der Waals surface area contributed by atoms with Gasteiger partial charge in [0, 0.05) is 47.3 Å². The van der Waals surface area contributed by atoms with E-state index < -0.39 is 0 Å². The first-order valence-electron chi connectivity index (χ1n) is 23.6. The van der Waals surface area contributed by atoms with Gasteiger partial charge in [0.2, 0.25) is 0 Å². The van der Waals surface area contributed by atoms with Crippen molar-refractivity contribution in [1.29, 1.82) is 0 Å². The summed E-state index contributed by atoms with van der Waals surface area (Å²) in [6.07, 6.45) is 26.8. The molecule has 282 valence electrons. The minimum atomic E-state index is 0.238. The number of fused-ring (bicyclic) bond motifs is 15. The molecule has 4 nitrogen and oxygen atoms in total. The third kappa shape index (κ3) is 4.45. The standard InChI is InChI=1S/C48H66O4/c49-45-33-10-4-2-8-27(33)37-22-35-23(17-39(37)45)15-16-31-30-13-5-12-29(43(30)48(52)44(31)35)28-11-6-14-34-42(28)38-19-24-18-36-26-7-1-3-9-32(26)46(50)40(36)20-25(24)21-41(38)47(34)51/h23-44H,1-22H2. The quantitative estimate of drug-likeness (QED) is 0.273. The Balaban J connectivity index is 0.812. The third-order valence-corrected chi connectivity index (χ3v) is 21.2. The third-order valence-electron chi connectivity index (χ3n) is 21.2. The minimum absolute atomic E-state index is 0.238. The van der Waals surface area contributed by atoms with Crippen molar-refractivity contribution in [2.75, 3.05) is 0 Å². The fraction of sp³-hybridized carbons (Fsp3) is 0.917. The molecule has 0 bridgehead atoms. The molecule has 0 aliphatic heterocycles. The van der Waals surface area contributed by atoms with E-state index in [1.54, 1.807) is 0 Å². The lowest BCUT2D eigenvalue weighted by atomic mass is 9.54. The Morgan fingerprint density at radius 1 is 0.269 bits per heavy atom. The second-order valence-corrected chi connectivity index (χ2v) is 22.2. The van der Waals surface area contributed by atoms with Gasteiger partial charge in [-0.3, -0.25) is 19.2 Å². The summed E-state index contributed by atoms with van der Waals surface area (Å²) >= 11 is 0. The fourth-order valence-corrected chi connectivity index (χ4v) is 19.7. The largest absolute Gasteiger partial charge is 0.299 e. The van der Waals surface area contributed by atoms with Gasteiger partial charge in [-0.25, -0.2) is 0 Å². The van der Waals surface area contributed by atoms with Gasteiger partial charge in [0.1, 0.15) is 23.1 Å². The first-order chi connectivity index (χ1) is 25.5. The van der Waals surface area contributed by atoms with Crippen molar-refractivity contribution in [2.24, 2.45) is 130 Å². The van der Waals surface area contributed by atoms with Crippen LogP contribution in [-0.2, 0) is 19.2 Å². The molecule has 52 heavy (non-hydrogen) atoms. The van der Waals surface area contributed by atoms with Crippen molar-refractivity contribution in [3.63, 3.8) is 0 Å². The average molecular weight is 707 g/mol. The number of ketones is 4. The highest BCUT2D eigenvalue weighted by Gasteiger charge is 2.66. The Bertz CT molecular complexity index is 1530. The van der Waals surface area contributed by atoms with Crippen LogP contribution in [0.25, 0.3) is 0 Å². The molecule has 12 saturated carbocycles. The molecule has 22 atom stereocenters. The van der Waals surface area contributed by atoms with E-state index in [2.05, 4.69) is 0 Å². The molecule has 0 radical (unpaired) electrons. The Hall–Kier alpha value is -1.32. The predicted molar refractivity (Wildman–Crippen MR) is 198 cm³/mol. The maximum atomic E-state index is 15.2. The summed E-state index contributed by atoms with van der Waals surface area (Å²) in [4.78, 5) is 57.1. The second kappa shape index (κ2) is 12.1. The maximum Gasteiger partial charge on any atom is 0.140 e. The maximum absolute atomic E-state index is 15.2. The normalized spacial score (nSPS) is 58.8.